The Morgan fingerprint density at radius 2 is 2.17 bits per heavy atom. The molecule has 0 atom stereocenters. The van der Waals surface area contributed by atoms with E-state index in [2.05, 4.69) is 26.9 Å². The maximum Gasteiger partial charge on any atom is 0.217 e. The van der Waals surface area contributed by atoms with Crippen molar-refractivity contribution in [3.05, 3.63) is 54.1 Å². The second-order valence-corrected chi connectivity index (χ2v) is 7.98. The summed E-state index contributed by atoms with van der Waals surface area (Å²) in [5, 5.41) is 0.943. The van der Waals surface area contributed by atoms with E-state index in [4.69, 9.17) is 15.5 Å². The van der Waals surface area contributed by atoms with Crippen molar-refractivity contribution < 1.29 is 9.53 Å². The average molecular weight is 410 g/mol. The number of imidazole rings is 2. The lowest BCUT2D eigenvalue weighted by atomic mass is 10.2. The standard InChI is InChI=1S/C21H23N5O2S/c1-14-5-3-6-16-20(14)25(13-23-16)12-17-21(29-10-4-7-18(22)27)24-19-11-15(28-2)8-9-26(17)19/h3,5-6,8-9,11,13H,4,7,10,12H2,1-2H3,(H2,22,27). The largest absolute Gasteiger partial charge is 0.497 e. The molecular formula is C21H23N5O2S. The van der Waals surface area contributed by atoms with Crippen LogP contribution in [0.3, 0.4) is 0 Å². The number of primary amides is 1. The quantitative estimate of drug-likeness (QED) is 0.356. The van der Waals surface area contributed by atoms with Crippen molar-refractivity contribution in [2.75, 3.05) is 12.9 Å². The fourth-order valence-corrected chi connectivity index (χ4v) is 4.42. The lowest BCUT2D eigenvalue weighted by Crippen LogP contribution is -2.10. The van der Waals surface area contributed by atoms with Crippen molar-refractivity contribution in [3.63, 3.8) is 0 Å². The summed E-state index contributed by atoms with van der Waals surface area (Å²) in [7, 11) is 1.65. The molecule has 8 heteroatoms. The number of para-hydroxylation sites is 1. The first kappa shape index (κ1) is 19.3. The molecule has 2 N–H and O–H groups in total. The number of rotatable bonds is 8. The molecule has 0 aliphatic rings. The number of hydrogen-bond acceptors (Lipinski definition) is 5. The van der Waals surface area contributed by atoms with Gasteiger partial charge in [0.05, 0.1) is 36.7 Å². The number of benzene rings is 1. The van der Waals surface area contributed by atoms with Gasteiger partial charge in [0.2, 0.25) is 5.91 Å². The van der Waals surface area contributed by atoms with Crippen molar-refractivity contribution in [2.45, 2.75) is 31.3 Å². The number of pyridine rings is 1. The maximum absolute atomic E-state index is 11.0. The van der Waals surface area contributed by atoms with Crippen LogP contribution in [0.25, 0.3) is 16.7 Å². The van der Waals surface area contributed by atoms with Crippen LogP contribution < -0.4 is 10.5 Å². The summed E-state index contributed by atoms with van der Waals surface area (Å²) in [4.78, 5) is 20.4. The SMILES string of the molecule is COc1ccn2c(Cn3cnc4cccc(C)c43)c(SCCCC(N)=O)nc2c1. The summed E-state index contributed by atoms with van der Waals surface area (Å²) in [5.74, 6) is 1.27. The van der Waals surface area contributed by atoms with Crippen LogP contribution in [0.5, 0.6) is 5.75 Å². The number of aryl methyl sites for hydroxylation is 1. The number of carbonyl (C=O) groups is 1. The molecule has 4 rings (SSSR count). The number of fused-ring (bicyclic) bond motifs is 2. The van der Waals surface area contributed by atoms with E-state index in [1.54, 1.807) is 18.9 Å². The van der Waals surface area contributed by atoms with Crippen molar-refractivity contribution in [3.8, 4) is 5.75 Å². The van der Waals surface area contributed by atoms with Crippen molar-refractivity contribution in [1.82, 2.24) is 18.9 Å². The molecule has 3 heterocycles. The number of hydrogen-bond donors (Lipinski definition) is 1. The predicted octanol–water partition coefficient (Wildman–Crippen LogP) is 3.41. The molecule has 4 aromatic rings. The topological polar surface area (TPSA) is 87.4 Å². The zero-order chi connectivity index (χ0) is 20.4. The molecular weight excluding hydrogens is 386 g/mol. The molecule has 1 amide bonds. The molecule has 0 aliphatic carbocycles. The molecule has 0 saturated heterocycles. The van der Waals surface area contributed by atoms with E-state index >= 15 is 0 Å². The normalized spacial score (nSPS) is 11.4. The van der Waals surface area contributed by atoms with Crippen LogP contribution in [0.2, 0.25) is 0 Å². The van der Waals surface area contributed by atoms with Gasteiger partial charge in [0.25, 0.3) is 0 Å². The minimum atomic E-state index is -0.272. The Bertz CT molecular complexity index is 1180. The van der Waals surface area contributed by atoms with E-state index in [1.807, 2.05) is 36.8 Å². The predicted molar refractivity (Wildman–Crippen MR) is 114 cm³/mol. The van der Waals surface area contributed by atoms with E-state index in [1.165, 1.54) is 5.56 Å². The third kappa shape index (κ3) is 3.93. The van der Waals surface area contributed by atoms with Crippen molar-refractivity contribution >= 4 is 34.3 Å². The highest BCUT2D eigenvalue weighted by Gasteiger charge is 2.16. The van der Waals surface area contributed by atoms with Crippen LogP contribution in [0.15, 0.2) is 47.9 Å². The lowest BCUT2D eigenvalue weighted by molar-refractivity contribution is -0.118. The molecule has 0 bridgehead atoms. The van der Waals surface area contributed by atoms with Gasteiger partial charge in [0.1, 0.15) is 16.4 Å². The molecule has 3 aromatic heterocycles. The fourth-order valence-electron chi connectivity index (χ4n) is 3.45. The molecule has 0 radical (unpaired) electrons. The number of amides is 1. The van der Waals surface area contributed by atoms with Crippen LogP contribution in [0, 0.1) is 6.92 Å². The third-order valence-electron chi connectivity index (χ3n) is 4.86. The molecule has 7 nitrogen and oxygen atoms in total. The Kier molecular flexibility index (Phi) is 5.44. The highest BCUT2D eigenvalue weighted by atomic mass is 32.2. The zero-order valence-corrected chi connectivity index (χ0v) is 17.3. The fraction of sp³-hybridized carbons (Fsp3) is 0.286. The highest BCUT2D eigenvalue weighted by molar-refractivity contribution is 7.99. The number of carbonyl (C=O) groups excluding carboxylic acids is 1. The Morgan fingerprint density at radius 1 is 1.31 bits per heavy atom. The summed E-state index contributed by atoms with van der Waals surface area (Å²) in [5.41, 5.74) is 10.5. The van der Waals surface area contributed by atoms with Gasteiger partial charge in [-0.1, -0.05) is 12.1 Å². The first-order chi connectivity index (χ1) is 14.1. The van der Waals surface area contributed by atoms with Gasteiger partial charge in [-0.25, -0.2) is 9.97 Å². The van der Waals surface area contributed by atoms with Gasteiger partial charge in [-0.3, -0.25) is 4.79 Å². The molecule has 150 valence electrons. The Hall–Kier alpha value is -3.00. The maximum atomic E-state index is 11.0. The summed E-state index contributed by atoms with van der Waals surface area (Å²) < 4.78 is 9.59. The number of aromatic nitrogens is 4. The molecule has 1 aromatic carbocycles. The Balaban J connectivity index is 1.72. The van der Waals surface area contributed by atoms with Crippen LogP contribution in [-0.4, -0.2) is 37.7 Å². The molecule has 29 heavy (non-hydrogen) atoms. The van der Waals surface area contributed by atoms with E-state index in [-0.39, 0.29) is 5.91 Å². The first-order valence-electron chi connectivity index (χ1n) is 9.43. The third-order valence-corrected chi connectivity index (χ3v) is 5.95. The Morgan fingerprint density at radius 3 is 2.97 bits per heavy atom. The highest BCUT2D eigenvalue weighted by Crippen LogP contribution is 2.28. The number of thioether (sulfide) groups is 1. The van der Waals surface area contributed by atoms with E-state index in [9.17, 15) is 4.79 Å². The van der Waals surface area contributed by atoms with Crippen LogP contribution in [0.1, 0.15) is 24.1 Å². The monoisotopic (exact) mass is 409 g/mol. The summed E-state index contributed by atoms with van der Waals surface area (Å²) >= 11 is 1.65. The average Bonchev–Trinajstić information content (AvgIpc) is 3.27. The smallest absolute Gasteiger partial charge is 0.217 e. The number of ether oxygens (including phenoxy) is 1. The van der Waals surface area contributed by atoms with Gasteiger partial charge < -0.3 is 19.4 Å². The first-order valence-corrected chi connectivity index (χ1v) is 10.4. The second kappa shape index (κ2) is 8.16. The summed E-state index contributed by atoms with van der Waals surface area (Å²) in [6.07, 6.45) is 4.97. The van der Waals surface area contributed by atoms with Crippen molar-refractivity contribution in [1.29, 1.82) is 0 Å². The number of nitrogens with two attached hydrogens (primary N) is 1. The minimum absolute atomic E-state index is 0.272. The summed E-state index contributed by atoms with van der Waals surface area (Å²) in [6, 6.07) is 10.00. The molecule has 0 unspecified atom stereocenters. The summed E-state index contributed by atoms with van der Waals surface area (Å²) in [6.45, 7) is 2.74. The van der Waals surface area contributed by atoms with Gasteiger partial charge in [-0.15, -0.1) is 11.8 Å². The second-order valence-electron chi connectivity index (χ2n) is 6.89. The van der Waals surface area contributed by atoms with Gasteiger partial charge in [-0.2, -0.15) is 0 Å². The van der Waals surface area contributed by atoms with Gasteiger partial charge in [-0.05, 0) is 31.0 Å². The van der Waals surface area contributed by atoms with Gasteiger partial charge >= 0.3 is 0 Å². The minimum Gasteiger partial charge on any atom is -0.497 e. The van der Waals surface area contributed by atoms with E-state index < -0.39 is 0 Å². The molecule has 0 saturated carbocycles. The van der Waals surface area contributed by atoms with Gasteiger partial charge in [0.15, 0.2) is 0 Å². The number of methoxy groups -OCH3 is 1. The molecule has 0 fully saturated rings. The van der Waals surface area contributed by atoms with Gasteiger partial charge in [0, 0.05) is 24.4 Å². The van der Waals surface area contributed by atoms with Crippen LogP contribution in [-0.2, 0) is 11.3 Å². The molecule has 0 spiro atoms. The lowest BCUT2D eigenvalue weighted by Gasteiger charge is -2.09. The Labute approximate surface area is 172 Å². The van der Waals surface area contributed by atoms with Crippen LogP contribution >= 0.6 is 11.8 Å². The molecule has 0 aliphatic heterocycles. The zero-order valence-electron chi connectivity index (χ0n) is 16.5. The van der Waals surface area contributed by atoms with E-state index in [0.717, 1.165) is 45.3 Å². The van der Waals surface area contributed by atoms with Crippen LogP contribution in [0.4, 0.5) is 0 Å². The number of nitrogens with zero attached hydrogens (tertiary/aromatic N) is 4. The van der Waals surface area contributed by atoms with Crippen molar-refractivity contribution in [2.24, 2.45) is 5.73 Å². The van der Waals surface area contributed by atoms with E-state index in [0.29, 0.717) is 13.0 Å².